The lowest BCUT2D eigenvalue weighted by Gasteiger charge is -2.39. The van der Waals surface area contributed by atoms with Gasteiger partial charge in [0.2, 0.25) is 0 Å². The maximum absolute atomic E-state index is 10.0. The quantitative estimate of drug-likeness (QED) is 0.602. The zero-order valence-electron chi connectivity index (χ0n) is 13.6. The van der Waals surface area contributed by atoms with Crippen LogP contribution in [0.3, 0.4) is 0 Å². The van der Waals surface area contributed by atoms with Crippen molar-refractivity contribution >= 4 is 0 Å². The number of rotatable bonds is 10. The third-order valence-corrected chi connectivity index (χ3v) is 4.23. The van der Waals surface area contributed by atoms with Gasteiger partial charge in [0, 0.05) is 25.7 Å². The van der Waals surface area contributed by atoms with E-state index in [9.17, 15) is 5.11 Å². The van der Waals surface area contributed by atoms with E-state index >= 15 is 0 Å². The van der Waals surface area contributed by atoms with Crippen LogP contribution in [0.4, 0.5) is 0 Å². The second-order valence-corrected chi connectivity index (χ2v) is 5.96. The molecule has 120 valence electrons. The molecule has 0 saturated carbocycles. The first kappa shape index (κ1) is 17.9. The SMILES string of the molecule is CCCCOCC(O)CN1CCC(NCC)C(CC)C1. The topological polar surface area (TPSA) is 44.7 Å². The van der Waals surface area contributed by atoms with Crippen molar-refractivity contribution < 1.29 is 9.84 Å². The number of aliphatic hydroxyl groups is 1. The minimum absolute atomic E-state index is 0.347. The highest BCUT2D eigenvalue weighted by Crippen LogP contribution is 2.20. The predicted molar refractivity (Wildman–Crippen MR) is 84.0 cm³/mol. The summed E-state index contributed by atoms with van der Waals surface area (Å²) in [5.74, 6) is 0.705. The van der Waals surface area contributed by atoms with Crippen molar-refractivity contribution in [3.8, 4) is 0 Å². The van der Waals surface area contributed by atoms with Crippen molar-refractivity contribution in [3.05, 3.63) is 0 Å². The molecule has 0 aromatic heterocycles. The zero-order chi connectivity index (χ0) is 14.8. The van der Waals surface area contributed by atoms with E-state index in [1.54, 1.807) is 0 Å². The molecule has 3 atom stereocenters. The third-order valence-electron chi connectivity index (χ3n) is 4.23. The maximum Gasteiger partial charge on any atom is 0.0900 e. The molecule has 0 aliphatic carbocycles. The van der Waals surface area contributed by atoms with Crippen molar-refractivity contribution in [2.45, 2.75) is 58.6 Å². The molecule has 0 radical (unpaired) electrons. The van der Waals surface area contributed by atoms with E-state index in [0.717, 1.165) is 45.6 Å². The fraction of sp³-hybridized carbons (Fsp3) is 1.00. The second-order valence-electron chi connectivity index (χ2n) is 5.96. The Bertz CT molecular complexity index is 239. The van der Waals surface area contributed by atoms with Crippen LogP contribution in [0.15, 0.2) is 0 Å². The summed E-state index contributed by atoms with van der Waals surface area (Å²) in [4.78, 5) is 2.40. The van der Waals surface area contributed by atoms with Gasteiger partial charge in [-0.1, -0.05) is 33.6 Å². The highest BCUT2D eigenvalue weighted by Gasteiger charge is 2.28. The Kier molecular flexibility index (Phi) is 9.44. The van der Waals surface area contributed by atoms with Crippen LogP contribution in [-0.2, 0) is 4.74 Å². The molecule has 4 nitrogen and oxygen atoms in total. The van der Waals surface area contributed by atoms with Crippen molar-refractivity contribution in [1.29, 1.82) is 0 Å². The molecule has 0 aromatic carbocycles. The molecule has 1 heterocycles. The summed E-state index contributed by atoms with van der Waals surface area (Å²) in [6.45, 7) is 11.8. The van der Waals surface area contributed by atoms with Gasteiger partial charge in [0.1, 0.15) is 0 Å². The lowest BCUT2D eigenvalue weighted by atomic mass is 9.89. The zero-order valence-corrected chi connectivity index (χ0v) is 13.6. The third kappa shape index (κ3) is 6.53. The molecular formula is C16H34N2O2. The van der Waals surface area contributed by atoms with E-state index < -0.39 is 0 Å². The summed E-state index contributed by atoms with van der Waals surface area (Å²) in [7, 11) is 0. The average Bonchev–Trinajstić information content (AvgIpc) is 2.45. The molecule has 0 bridgehead atoms. The number of unbranched alkanes of at least 4 members (excludes halogenated alkanes) is 1. The molecule has 1 aliphatic rings. The monoisotopic (exact) mass is 286 g/mol. The number of aliphatic hydroxyl groups excluding tert-OH is 1. The van der Waals surface area contributed by atoms with Crippen molar-refractivity contribution in [1.82, 2.24) is 10.2 Å². The molecule has 0 aromatic rings. The maximum atomic E-state index is 10.0. The molecule has 0 spiro atoms. The molecule has 1 rings (SSSR count). The van der Waals surface area contributed by atoms with E-state index in [0.29, 0.717) is 18.6 Å². The summed E-state index contributed by atoms with van der Waals surface area (Å²) in [6, 6.07) is 0.652. The molecule has 1 fully saturated rings. The van der Waals surface area contributed by atoms with E-state index in [1.807, 2.05) is 0 Å². The Morgan fingerprint density at radius 1 is 1.35 bits per heavy atom. The van der Waals surface area contributed by atoms with Crippen LogP contribution < -0.4 is 5.32 Å². The first-order chi connectivity index (χ1) is 9.71. The Morgan fingerprint density at radius 3 is 2.80 bits per heavy atom. The van der Waals surface area contributed by atoms with Crippen LogP contribution >= 0.6 is 0 Å². The van der Waals surface area contributed by atoms with Gasteiger partial charge in [0.05, 0.1) is 12.7 Å². The summed E-state index contributed by atoms with van der Waals surface area (Å²) >= 11 is 0. The Hall–Kier alpha value is -0.160. The predicted octanol–water partition coefficient (Wildman–Crippen LogP) is 1.87. The first-order valence-corrected chi connectivity index (χ1v) is 8.42. The number of nitrogens with one attached hydrogen (secondary N) is 1. The Morgan fingerprint density at radius 2 is 2.15 bits per heavy atom. The number of nitrogens with zero attached hydrogens (tertiary/aromatic N) is 1. The highest BCUT2D eigenvalue weighted by molar-refractivity contribution is 4.85. The van der Waals surface area contributed by atoms with Gasteiger partial charge in [-0.3, -0.25) is 0 Å². The summed E-state index contributed by atoms with van der Waals surface area (Å²) in [6.07, 6.45) is 4.28. The van der Waals surface area contributed by atoms with E-state index in [1.165, 1.54) is 12.8 Å². The van der Waals surface area contributed by atoms with Crippen LogP contribution in [0.25, 0.3) is 0 Å². The van der Waals surface area contributed by atoms with E-state index in [-0.39, 0.29) is 6.10 Å². The molecule has 3 unspecified atom stereocenters. The highest BCUT2D eigenvalue weighted by atomic mass is 16.5. The van der Waals surface area contributed by atoms with Gasteiger partial charge < -0.3 is 20.1 Å². The molecular weight excluding hydrogens is 252 g/mol. The average molecular weight is 286 g/mol. The lowest BCUT2D eigenvalue weighted by Crippen LogP contribution is -2.51. The van der Waals surface area contributed by atoms with Crippen LogP contribution in [0, 0.1) is 5.92 Å². The van der Waals surface area contributed by atoms with Gasteiger partial charge in [-0.15, -0.1) is 0 Å². The standard InChI is InChI=1S/C16H34N2O2/c1-4-7-10-20-13-15(19)12-18-9-8-16(17-6-3)14(5-2)11-18/h14-17,19H,4-13H2,1-3H3. The van der Waals surface area contributed by atoms with Crippen molar-refractivity contribution in [3.63, 3.8) is 0 Å². The number of hydrogen-bond donors (Lipinski definition) is 2. The number of piperidine rings is 1. The Labute approximate surface area is 124 Å². The molecule has 1 aliphatic heterocycles. The fourth-order valence-electron chi connectivity index (χ4n) is 3.03. The minimum atomic E-state index is -0.347. The fourth-order valence-corrected chi connectivity index (χ4v) is 3.03. The number of β-amino-alcohol motifs (C(OH)–C–C–N with tert-alkyl or cyclic N) is 1. The number of likely N-dealkylation sites (tertiary alicyclic amines) is 1. The summed E-state index contributed by atoms with van der Waals surface area (Å²) < 4.78 is 5.50. The van der Waals surface area contributed by atoms with Crippen LogP contribution in [0.2, 0.25) is 0 Å². The van der Waals surface area contributed by atoms with Crippen molar-refractivity contribution in [2.24, 2.45) is 5.92 Å². The lowest BCUT2D eigenvalue weighted by molar-refractivity contribution is 0.00492. The van der Waals surface area contributed by atoms with Gasteiger partial charge in [-0.2, -0.15) is 0 Å². The van der Waals surface area contributed by atoms with Gasteiger partial charge in [0.15, 0.2) is 0 Å². The first-order valence-electron chi connectivity index (χ1n) is 8.42. The molecule has 4 heteroatoms. The normalized spacial score (nSPS) is 25.8. The van der Waals surface area contributed by atoms with Crippen molar-refractivity contribution in [2.75, 3.05) is 39.4 Å². The van der Waals surface area contributed by atoms with Crippen LogP contribution in [0.5, 0.6) is 0 Å². The molecule has 1 saturated heterocycles. The minimum Gasteiger partial charge on any atom is -0.389 e. The van der Waals surface area contributed by atoms with Crippen LogP contribution in [0.1, 0.15) is 46.5 Å². The van der Waals surface area contributed by atoms with Gasteiger partial charge in [0.25, 0.3) is 0 Å². The molecule has 2 N–H and O–H groups in total. The summed E-state index contributed by atoms with van der Waals surface area (Å²) in [5.41, 5.74) is 0. The largest absolute Gasteiger partial charge is 0.389 e. The number of hydrogen-bond acceptors (Lipinski definition) is 4. The van der Waals surface area contributed by atoms with E-state index in [2.05, 4.69) is 31.0 Å². The Balaban J connectivity index is 2.24. The van der Waals surface area contributed by atoms with Gasteiger partial charge >= 0.3 is 0 Å². The molecule has 20 heavy (non-hydrogen) atoms. The smallest absolute Gasteiger partial charge is 0.0900 e. The van der Waals surface area contributed by atoms with Gasteiger partial charge in [-0.05, 0) is 31.8 Å². The molecule has 0 amide bonds. The van der Waals surface area contributed by atoms with E-state index in [4.69, 9.17) is 4.74 Å². The number of ether oxygens (including phenoxy) is 1. The van der Waals surface area contributed by atoms with Crippen LogP contribution in [-0.4, -0.2) is 61.5 Å². The van der Waals surface area contributed by atoms with Gasteiger partial charge in [-0.25, -0.2) is 0 Å². The summed E-state index contributed by atoms with van der Waals surface area (Å²) in [5, 5.41) is 13.6. The second kappa shape index (κ2) is 10.6.